The van der Waals surface area contributed by atoms with Crippen LogP contribution in [0.25, 0.3) is 0 Å². The molecule has 0 aromatic heterocycles. The van der Waals surface area contributed by atoms with E-state index in [4.69, 9.17) is 43.4 Å². The molecule has 0 spiro atoms. The molecule has 47 nitrogen and oxygen atoms in total. The fourth-order valence-corrected chi connectivity index (χ4v) is 15.4. The molecule has 0 bridgehead atoms. The Hall–Kier alpha value is -2.43. The quantitative estimate of drug-likeness (QED) is 0.0191. The van der Waals surface area contributed by atoms with Crippen molar-refractivity contribution < 1.29 is 272 Å². The zero-order valence-electron chi connectivity index (χ0n) is 61.5. The number of hydrogen-bond acceptors (Lipinski definition) is 43. The van der Waals surface area contributed by atoms with E-state index in [1.807, 2.05) is 42.5 Å². The van der Waals surface area contributed by atoms with Gasteiger partial charge in [-0.3, -0.25) is 20.9 Å². The molecule has 7 aliphatic heterocycles. The molecular formula is C62H99KN4O43S5. The fraction of sp³-hybridized carbons (Fsp3) is 0.710. The van der Waals surface area contributed by atoms with E-state index in [1.54, 1.807) is 48.5 Å². The number of nitrogens with one attached hydrogen (secondary N) is 4. The summed E-state index contributed by atoms with van der Waals surface area (Å²) in [6, 6.07) is 27.1. The molecule has 0 aliphatic carbocycles. The van der Waals surface area contributed by atoms with Crippen LogP contribution in [-0.2, 0) is 106 Å². The SMILES string of the molecule is COC[C@@H]1OC(c2ccccc2)OC[C@H]1OS(=O)(=O)[O-].O=S(=O)([O-])OC1COC(c2ccccc2)O[C@@H]1C[NH+]1C[C@@H](O)C(O)[C@@H](O)C1.O=S(=O)([O-])O[C@@H](CO)[C@H](O)C[NH+]1C[C@@H](O)C(O)[C@@H](O)C1.O=S(=O)([O-])O[C@@H]1COC(c2ccccc2)O[C@H]1C[NH+]1C[C@@H](O)C(O)[C@@H](O)C1.O=S(=O)([O-])O[C@H](CO)[C@@H](O)C[NH+]1C[C@@H](O)C(O)[C@@H](O)C1.[K+]. The molecular weight excluding hydrogens is 1690 g/mol. The second-order valence-electron chi connectivity index (χ2n) is 27.4. The Balaban J connectivity index is 0.000000258. The van der Waals surface area contributed by atoms with Crippen molar-refractivity contribution in [3.63, 3.8) is 0 Å². The van der Waals surface area contributed by atoms with Crippen LogP contribution in [-0.4, -0.2) is 406 Å². The minimum absolute atomic E-state index is 0. The number of aliphatic hydroxyl groups excluding tert-OH is 16. The number of piperidine rings is 4. The van der Waals surface area contributed by atoms with E-state index in [1.165, 1.54) is 7.11 Å². The van der Waals surface area contributed by atoms with Gasteiger partial charge >= 0.3 is 51.4 Å². The zero-order valence-corrected chi connectivity index (χ0v) is 68.7. The Morgan fingerprint density at radius 1 is 0.383 bits per heavy atom. The Morgan fingerprint density at radius 3 is 0.843 bits per heavy atom. The molecule has 656 valence electrons. The number of benzene rings is 3. The third-order valence-electron chi connectivity index (χ3n) is 18.5. The van der Waals surface area contributed by atoms with E-state index in [0.717, 1.165) is 16.7 Å². The maximum absolute atomic E-state index is 11.0. The van der Waals surface area contributed by atoms with Crippen LogP contribution in [0.3, 0.4) is 0 Å². The normalized spacial score (nSPS) is 34.6. The van der Waals surface area contributed by atoms with Gasteiger partial charge in [0.25, 0.3) is 0 Å². The molecule has 7 saturated heterocycles. The van der Waals surface area contributed by atoms with Crippen molar-refractivity contribution in [2.45, 2.75) is 153 Å². The Bertz CT molecular complexity index is 3650. The average Bonchev–Trinajstić information content (AvgIpc) is 0.822. The van der Waals surface area contributed by atoms with Crippen molar-refractivity contribution in [1.29, 1.82) is 0 Å². The molecule has 7 fully saturated rings. The molecule has 0 saturated carbocycles. The Morgan fingerprint density at radius 2 is 0.617 bits per heavy atom. The largest absolute Gasteiger partial charge is 1.00 e. The van der Waals surface area contributed by atoms with E-state index < -0.39 is 218 Å². The summed E-state index contributed by atoms with van der Waals surface area (Å²) in [4.78, 5) is 2.29. The molecule has 0 amide bonds. The first-order chi connectivity index (χ1) is 53.2. The van der Waals surface area contributed by atoms with Crippen LogP contribution in [0.5, 0.6) is 0 Å². The van der Waals surface area contributed by atoms with Crippen molar-refractivity contribution in [3.8, 4) is 0 Å². The summed E-state index contributed by atoms with van der Waals surface area (Å²) in [5.41, 5.74) is 2.22. The molecule has 3 aromatic rings. The van der Waals surface area contributed by atoms with Crippen LogP contribution >= 0.6 is 0 Å². The summed E-state index contributed by atoms with van der Waals surface area (Å²) in [7, 11) is -23.5. The standard InChI is InChI=1S/2C16H23NO9S.C12H16O7S.2C9H19NO9S.K/c2*18-11-6-17(7-12(19)15(11)20)8-13-14(26-27(21,22)23)9-24-16(25-13)10-4-2-1-3-5-10;1-16-7-10-11(19-20(13,14)15)8-17-12(18-10)9-5-3-2-4-6-9;2*11-4-8(19-20(16,17)18)5(12)1-10-2-6(13)9(15)7(14)3-10;/h2*1-5,11-16,18-20H,6-9H2,(H,21,22,23);2-6,10-12H,7-8H2,1H3,(H,13,14,15);2*5-9,11-15H,1-4H2,(H,16,17,18);/q;;;;;+1/p-1/t11-,12+,13-,14?,15?,16?;11-,12+,13-,14+,15?,16?;10-,11+,12?;2*5-,6-,7+,8+,9?;/m10010./s1. The summed E-state index contributed by atoms with van der Waals surface area (Å²) in [6.45, 7) is -1.60. The van der Waals surface area contributed by atoms with Gasteiger partial charge in [0.1, 0.15) is 213 Å². The summed E-state index contributed by atoms with van der Waals surface area (Å²) in [6.07, 6.45) is -28.5. The van der Waals surface area contributed by atoms with Crippen LogP contribution in [0.1, 0.15) is 35.6 Å². The molecule has 10 rings (SSSR count). The number of quaternary nitrogens is 4. The van der Waals surface area contributed by atoms with Gasteiger partial charge in [-0.2, -0.15) is 0 Å². The van der Waals surface area contributed by atoms with E-state index in [2.05, 4.69) is 20.9 Å². The summed E-state index contributed by atoms with van der Waals surface area (Å²) in [5, 5.41) is 153. The second kappa shape index (κ2) is 48.0. The first-order valence-electron chi connectivity index (χ1n) is 35.0. The van der Waals surface area contributed by atoms with Gasteiger partial charge in [0.2, 0.25) is 52.0 Å². The van der Waals surface area contributed by atoms with Crippen molar-refractivity contribution >= 4 is 52.0 Å². The monoisotopic (exact) mass is 1790 g/mol. The number of aliphatic hydroxyl groups is 16. The van der Waals surface area contributed by atoms with Gasteiger partial charge < -0.3 is 157 Å². The van der Waals surface area contributed by atoms with E-state index in [9.17, 15) is 136 Å². The number of methoxy groups -OCH3 is 1. The first kappa shape index (κ1) is 103. The van der Waals surface area contributed by atoms with Crippen LogP contribution in [0.15, 0.2) is 91.0 Å². The maximum atomic E-state index is 11.0. The predicted molar refractivity (Wildman–Crippen MR) is 365 cm³/mol. The molecule has 7 aliphatic rings. The van der Waals surface area contributed by atoms with Crippen molar-refractivity contribution in [3.05, 3.63) is 108 Å². The fourth-order valence-electron chi connectivity index (χ4n) is 13.0. The van der Waals surface area contributed by atoms with Gasteiger partial charge in [-0.15, -0.1) is 0 Å². The van der Waals surface area contributed by atoms with Crippen molar-refractivity contribution in [1.82, 2.24) is 0 Å². The topological polar surface area (TPSA) is 738 Å². The number of hydrogen-bond donors (Lipinski definition) is 20. The van der Waals surface area contributed by atoms with Gasteiger partial charge in [-0.05, 0) is 0 Å². The first-order valence-corrected chi connectivity index (χ1v) is 41.6. The second-order valence-corrected chi connectivity index (χ2v) is 32.4. The van der Waals surface area contributed by atoms with Gasteiger partial charge in [0.15, 0.2) is 18.9 Å². The third kappa shape index (κ3) is 36.1. The van der Waals surface area contributed by atoms with Gasteiger partial charge in [-0.25, -0.2) is 42.1 Å². The van der Waals surface area contributed by atoms with Crippen LogP contribution in [0, 0.1) is 0 Å². The molecule has 12 unspecified atom stereocenters. The van der Waals surface area contributed by atoms with Gasteiger partial charge in [-0.1, -0.05) is 91.0 Å². The van der Waals surface area contributed by atoms with Crippen molar-refractivity contribution in [2.24, 2.45) is 0 Å². The number of rotatable bonds is 27. The predicted octanol–water partition coefficient (Wildman–Crippen LogP) is -20.2. The van der Waals surface area contributed by atoms with Crippen molar-refractivity contribution in [2.75, 3.05) is 125 Å². The Kier molecular flexibility index (Phi) is 43.0. The summed E-state index contributed by atoms with van der Waals surface area (Å²) >= 11 is 0. The van der Waals surface area contributed by atoms with Gasteiger partial charge in [0, 0.05) is 23.8 Å². The van der Waals surface area contributed by atoms with E-state index in [-0.39, 0.29) is 156 Å². The van der Waals surface area contributed by atoms with Crippen LogP contribution < -0.4 is 71.0 Å². The number of likely N-dealkylation sites (tertiary alicyclic amines) is 4. The molecule has 29 atom stereocenters. The molecule has 115 heavy (non-hydrogen) atoms. The molecule has 20 N–H and O–H groups in total. The molecule has 0 radical (unpaired) electrons. The van der Waals surface area contributed by atoms with E-state index >= 15 is 0 Å². The van der Waals surface area contributed by atoms with Crippen LogP contribution in [0.2, 0.25) is 0 Å². The summed E-state index contributed by atoms with van der Waals surface area (Å²) in [5.74, 6) is 0. The minimum atomic E-state index is -5.07. The smallest absolute Gasteiger partial charge is 0.726 e. The Labute approximate surface area is 704 Å². The number of ether oxygens (including phenoxy) is 7. The zero-order chi connectivity index (χ0) is 84.8. The molecule has 3 aromatic carbocycles. The third-order valence-corrected chi connectivity index (χ3v) is 20.9. The molecule has 53 heteroatoms. The average molecular weight is 1790 g/mol. The maximum Gasteiger partial charge on any atom is 1.00 e. The molecule has 7 heterocycles. The van der Waals surface area contributed by atoms with E-state index in [0.29, 0.717) is 19.6 Å². The van der Waals surface area contributed by atoms with Gasteiger partial charge in [0.05, 0.1) is 39.6 Å². The summed E-state index contributed by atoms with van der Waals surface area (Å²) < 4.78 is 221. The van der Waals surface area contributed by atoms with Crippen LogP contribution in [0.4, 0.5) is 0 Å². The minimum Gasteiger partial charge on any atom is -0.726 e.